The van der Waals surface area contributed by atoms with Gasteiger partial charge in [0.05, 0.1) is 19.8 Å². The number of carbonyl (C=O) groups is 2. The quantitative estimate of drug-likeness (QED) is 0.262. The second-order valence-electron chi connectivity index (χ2n) is 7.80. The summed E-state index contributed by atoms with van der Waals surface area (Å²) < 4.78 is 11.6. The van der Waals surface area contributed by atoms with E-state index in [1.54, 1.807) is 49.4 Å². The van der Waals surface area contributed by atoms with Crippen molar-refractivity contribution in [1.82, 2.24) is 4.90 Å². The van der Waals surface area contributed by atoms with Crippen LogP contribution in [0.2, 0.25) is 5.02 Å². The number of imide groups is 1. The van der Waals surface area contributed by atoms with Crippen LogP contribution in [0.3, 0.4) is 0 Å². The van der Waals surface area contributed by atoms with Crippen LogP contribution in [0, 0.1) is 11.3 Å². The molecule has 0 N–H and O–H groups in total. The van der Waals surface area contributed by atoms with Gasteiger partial charge >= 0.3 is 0 Å². The molecule has 6 nitrogen and oxygen atoms in total. The highest BCUT2D eigenvalue weighted by Crippen LogP contribution is 2.33. The minimum atomic E-state index is -0.628. The molecule has 0 spiro atoms. The van der Waals surface area contributed by atoms with Crippen LogP contribution in [0.5, 0.6) is 11.5 Å². The minimum Gasteiger partial charge on any atom is -0.490 e. The van der Waals surface area contributed by atoms with Crippen LogP contribution in [-0.2, 0) is 16.1 Å². The topological polar surface area (TPSA) is 79.6 Å². The van der Waals surface area contributed by atoms with Gasteiger partial charge in [-0.2, -0.15) is 5.26 Å². The predicted octanol–water partition coefficient (Wildman–Crippen LogP) is 5.71. The van der Waals surface area contributed by atoms with Gasteiger partial charge in [-0.05, 0) is 61.2 Å². The summed E-state index contributed by atoms with van der Waals surface area (Å²) in [6, 6.07) is 14.4. The molecule has 2 aromatic carbocycles. The lowest BCUT2D eigenvalue weighted by molar-refractivity contribution is -0.141. The largest absolute Gasteiger partial charge is 0.490 e. The number of rotatable bonds is 9. The first kappa shape index (κ1) is 25.1. The molecule has 7 heteroatoms. The second kappa shape index (κ2) is 11.5. The molecule has 0 unspecified atom stereocenters. The zero-order valence-electron chi connectivity index (χ0n) is 19.6. The highest BCUT2D eigenvalue weighted by Gasteiger charge is 2.35. The Balaban J connectivity index is 2.00. The molecule has 1 aliphatic rings. The monoisotopic (exact) mass is 478 g/mol. The number of carbonyl (C=O) groups excluding carboxylic acids is 2. The van der Waals surface area contributed by atoms with E-state index in [1.807, 2.05) is 19.1 Å². The third-order valence-corrected chi connectivity index (χ3v) is 5.81. The van der Waals surface area contributed by atoms with Crippen molar-refractivity contribution in [2.45, 2.75) is 40.2 Å². The summed E-state index contributed by atoms with van der Waals surface area (Å²) in [6.07, 6.45) is 3.62. The van der Waals surface area contributed by atoms with Gasteiger partial charge in [0, 0.05) is 10.6 Å². The van der Waals surface area contributed by atoms with Crippen LogP contribution in [0.25, 0.3) is 6.08 Å². The average molecular weight is 479 g/mol. The van der Waals surface area contributed by atoms with E-state index in [1.165, 1.54) is 0 Å². The van der Waals surface area contributed by atoms with Gasteiger partial charge in [0.1, 0.15) is 11.6 Å². The van der Waals surface area contributed by atoms with Gasteiger partial charge in [-0.1, -0.05) is 49.2 Å². The molecule has 1 heterocycles. The van der Waals surface area contributed by atoms with Crippen LogP contribution in [0.1, 0.15) is 44.7 Å². The maximum absolute atomic E-state index is 13.4. The van der Waals surface area contributed by atoms with Gasteiger partial charge in [-0.15, -0.1) is 0 Å². The van der Waals surface area contributed by atoms with Crippen molar-refractivity contribution in [3.05, 3.63) is 75.3 Å². The molecule has 1 aliphatic heterocycles. The van der Waals surface area contributed by atoms with Gasteiger partial charge in [-0.25, -0.2) is 0 Å². The molecule has 0 fully saturated rings. The van der Waals surface area contributed by atoms with E-state index in [2.05, 4.69) is 6.92 Å². The molecular weight excluding hydrogens is 452 g/mol. The van der Waals surface area contributed by atoms with E-state index in [4.69, 9.17) is 21.1 Å². The van der Waals surface area contributed by atoms with Crippen LogP contribution < -0.4 is 9.47 Å². The molecule has 0 aliphatic carbocycles. The molecule has 3 rings (SSSR count). The molecule has 0 bridgehead atoms. The molecular formula is C27H27ClN2O4. The number of benzene rings is 2. The summed E-state index contributed by atoms with van der Waals surface area (Å²) >= 11 is 6.24. The van der Waals surface area contributed by atoms with E-state index in [9.17, 15) is 14.9 Å². The van der Waals surface area contributed by atoms with Crippen LogP contribution in [0.15, 0.2) is 59.2 Å². The lowest BCUT2D eigenvalue weighted by atomic mass is 9.93. The van der Waals surface area contributed by atoms with Crippen molar-refractivity contribution in [2.75, 3.05) is 13.2 Å². The first-order valence-electron chi connectivity index (χ1n) is 11.2. The SMILES string of the molecule is CCCCOc1ccc(/C=C2/C(=O)N(Cc3ccccc3Cl)C(=O)C(C#N)=C2C)cc1OCC. The van der Waals surface area contributed by atoms with Crippen molar-refractivity contribution in [3.8, 4) is 17.6 Å². The van der Waals surface area contributed by atoms with Gasteiger partial charge < -0.3 is 9.47 Å². The summed E-state index contributed by atoms with van der Waals surface area (Å²) in [7, 11) is 0. The fourth-order valence-corrected chi connectivity index (χ4v) is 3.76. The van der Waals surface area contributed by atoms with Crippen molar-refractivity contribution in [1.29, 1.82) is 5.26 Å². The first-order valence-corrected chi connectivity index (χ1v) is 11.6. The molecule has 34 heavy (non-hydrogen) atoms. The van der Waals surface area contributed by atoms with Crippen molar-refractivity contribution >= 4 is 29.5 Å². The van der Waals surface area contributed by atoms with Crippen LogP contribution in [-0.4, -0.2) is 29.9 Å². The number of hydrogen-bond acceptors (Lipinski definition) is 5. The number of amides is 2. The number of nitriles is 1. The Kier molecular flexibility index (Phi) is 8.50. The number of hydrogen-bond donors (Lipinski definition) is 0. The lowest BCUT2D eigenvalue weighted by Crippen LogP contribution is -2.42. The Hall–Kier alpha value is -3.56. The molecule has 0 aromatic heterocycles. The summed E-state index contributed by atoms with van der Waals surface area (Å²) in [5.74, 6) is 0.0923. The van der Waals surface area contributed by atoms with E-state index < -0.39 is 11.8 Å². The Labute approximate surface area is 205 Å². The highest BCUT2D eigenvalue weighted by molar-refractivity contribution is 6.31. The maximum atomic E-state index is 13.4. The summed E-state index contributed by atoms with van der Waals surface area (Å²) in [6.45, 7) is 6.60. The van der Waals surface area contributed by atoms with Crippen LogP contribution >= 0.6 is 11.6 Å². The predicted molar refractivity (Wildman–Crippen MR) is 131 cm³/mol. The average Bonchev–Trinajstić information content (AvgIpc) is 2.82. The Morgan fingerprint density at radius 3 is 2.50 bits per heavy atom. The smallest absolute Gasteiger partial charge is 0.271 e. The number of halogens is 1. The van der Waals surface area contributed by atoms with Crippen molar-refractivity contribution < 1.29 is 19.1 Å². The third-order valence-electron chi connectivity index (χ3n) is 5.45. The second-order valence-corrected chi connectivity index (χ2v) is 8.21. The Morgan fingerprint density at radius 2 is 1.82 bits per heavy atom. The molecule has 176 valence electrons. The first-order chi connectivity index (χ1) is 16.4. The van der Waals surface area contributed by atoms with E-state index >= 15 is 0 Å². The number of nitrogens with zero attached hydrogens (tertiary/aromatic N) is 2. The fourth-order valence-electron chi connectivity index (χ4n) is 3.57. The molecule has 0 saturated carbocycles. The van der Waals surface area contributed by atoms with Gasteiger partial charge in [0.15, 0.2) is 11.5 Å². The molecule has 2 aromatic rings. The zero-order valence-corrected chi connectivity index (χ0v) is 20.3. The molecule has 0 radical (unpaired) electrons. The van der Waals surface area contributed by atoms with Crippen molar-refractivity contribution in [2.24, 2.45) is 0 Å². The summed E-state index contributed by atoms with van der Waals surface area (Å²) in [4.78, 5) is 27.4. The Bertz CT molecular complexity index is 1190. The maximum Gasteiger partial charge on any atom is 0.271 e. The van der Waals surface area contributed by atoms with E-state index in [-0.39, 0.29) is 17.7 Å². The standard InChI is InChI=1S/C27H27ClN2O4/c1-4-6-13-34-24-12-11-19(15-25(24)33-5-2)14-21-18(3)22(16-29)27(32)30(26(21)31)17-20-9-7-8-10-23(20)28/h7-12,14-15H,4-6,13,17H2,1-3H3/b21-14+. The van der Waals surface area contributed by atoms with E-state index in [0.717, 1.165) is 17.7 Å². The minimum absolute atomic E-state index is 0.0262. The van der Waals surface area contributed by atoms with Gasteiger partial charge in [0.2, 0.25) is 0 Å². The van der Waals surface area contributed by atoms with Gasteiger partial charge in [0.25, 0.3) is 11.8 Å². The fraction of sp³-hybridized carbons (Fsp3) is 0.296. The molecule has 2 amide bonds. The Morgan fingerprint density at radius 1 is 1.06 bits per heavy atom. The molecule has 0 atom stereocenters. The third kappa shape index (κ3) is 5.49. The number of unbranched alkanes of at least 4 members (excludes halogenated alkanes) is 1. The molecule has 0 saturated heterocycles. The van der Waals surface area contributed by atoms with Crippen molar-refractivity contribution in [3.63, 3.8) is 0 Å². The highest BCUT2D eigenvalue weighted by atomic mass is 35.5. The van der Waals surface area contributed by atoms with E-state index in [0.29, 0.717) is 46.4 Å². The zero-order chi connectivity index (χ0) is 24.7. The van der Waals surface area contributed by atoms with Gasteiger partial charge in [-0.3, -0.25) is 14.5 Å². The normalized spacial score (nSPS) is 15.0. The number of ether oxygens (including phenoxy) is 2. The summed E-state index contributed by atoms with van der Waals surface area (Å²) in [5, 5.41) is 10.1. The summed E-state index contributed by atoms with van der Waals surface area (Å²) in [5.41, 5.74) is 1.86. The lowest BCUT2D eigenvalue weighted by Gasteiger charge is -2.27. The van der Waals surface area contributed by atoms with Crippen LogP contribution in [0.4, 0.5) is 0 Å².